The molecule has 0 saturated heterocycles. The molecule has 0 atom stereocenters. The molecule has 0 aliphatic heterocycles. The van der Waals surface area contributed by atoms with Crippen LogP contribution in [-0.2, 0) is 21.2 Å². The Labute approximate surface area is 195 Å². The van der Waals surface area contributed by atoms with Crippen LogP contribution in [0.2, 0.25) is 10.0 Å². The first-order valence-electron chi connectivity index (χ1n) is 9.34. The standard InChI is InChI=1S/C22H18Cl2N2O5S/c23-15-4-7-17(8-5-15)25-22(29)19-13-16(24)6-11-20(19)26-32(30,31)18-9-1-14(2-10-18)3-12-21(27)28/h1-2,4-11,13,26H,3,12H2,(H,25,29)(H,27,28). The summed E-state index contributed by atoms with van der Waals surface area (Å²) in [4.78, 5) is 23.4. The predicted octanol–water partition coefficient (Wildman–Crippen LogP) is 5.06. The molecule has 0 heterocycles. The number of benzene rings is 3. The summed E-state index contributed by atoms with van der Waals surface area (Å²) < 4.78 is 28.1. The Morgan fingerprint density at radius 3 is 2.12 bits per heavy atom. The maximum Gasteiger partial charge on any atom is 0.303 e. The summed E-state index contributed by atoms with van der Waals surface area (Å²) in [6, 6.07) is 16.5. The highest BCUT2D eigenvalue weighted by Gasteiger charge is 2.19. The third-order valence-corrected chi connectivity index (χ3v) is 6.30. The second-order valence-corrected chi connectivity index (χ2v) is 9.35. The summed E-state index contributed by atoms with van der Waals surface area (Å²) in [6.45, 7) is 0. The normalized spacial score (nSPS) is 11.1. The van der Waals surface area contributed by atoms with Crippen molar-refractivity contribution >= 4 is 56.5 Å². The number of rotatable bonds is 8. The number of carbonyl (C=O) groups excluding carboxylic acids is 1. The lowest BCUT2D eigenvalue weighted by atomic mass is 10.1. The van der Waals surface area contributed by atoms with E-state index in [1.807, 2.05) is 0 Å². The van der Waals surface area contributed by atoms with Gasteiger partial charge in [0.05, 0.1) is 16.1 Å². The van der Waals surface area contributed by atoms with Crippen LogP contribution < -0.4 is 10.0 Å². The second kappa shape index (κ2) is 10.0. The first-order valence-corrected chi connectivity index (χ1v) is 11.6. The first-order chi connectivity index (χ1) is 15.1. The van der Waals surface area contributed by atoms with Crippen molar-refractivity contribution in [3.8, 4) is 0 Å². The number of aryl methyl sites for hydroxylation is 1. The number of halogens is 2. The molecule has 3 aromatic carbocycles. The average Bonchev–Trinajstić information content (AvgIpc) is 2.75. The maximum absolute atomic E-state index is 12.8. The van der Waals surface area contributed by atoms with Crippen molar-refractivity contribution in [2.24, 2.45) is 0 Å². The molecule has 10 heteroatoms. The molecule has 3 rings (SSSR count). The minimum absolute atomic E-state index is 0.0319. The van der Waals surface area contributed by atoms with Crippen LogP contribution in [-0.4, -0.2) is 25.4 Å². The van der Waals surface area contributed by atoms with E-state index < -0.39 is 21.9 Å². The van der Waals surface area contributed by atoms with Crippen molar-refractivity contribution in [3.63, 3.8) is 0 Å². The Hall–Kier alpha value is -3.07. The minimum atomic E-state index is -4.02. The second-order valence-electron chi connectivity index (χ2n) is 6.79. The fourth-order valence-corrected chi connectivity index (χ4v) is 4.19. The van der Waals surface area contributed by atoms with E-state index in [-0.39, 0.29) is 34.0 Å². The average molecular weight is 493 g/mol. The van der Waals surface area contributed by atoms with Crippen LogP contribution in [0, 0.1) is 0 Å². The lowest BCUT2D eigenvalue weighted by Crippen LogP contribution is -2.18. The molecule has 7 nitrogen and oxygen atoms in total. The van der Waals surface area contributed by atoms with Crippen molar-refractivity contribution in [1.82, 2.24) is 0 Å². The SMILES string of the molecule is O=C(O)CCc1ccc(S(=O)(=O)Nc2ccc(Cl)cc2C(=O)Nc2ccc(Cl)cc2)cc1. The lowest BCUT2D eigenvalue weighted by Gasteiger charge is -2.14. The number of anilines is 2. The van der Waals surface area contributed by atoms with Crippen molar-refractivity contribution in [1.29, 1.82) is 0 Å². The molecule has 1 amide bonds. The van der Waals surface area contributed by atoms with Gasteiger partial charge in [0, 0.05) is 22.2 Å². The molecule has 0 spiro atoms. The number of carboxylic acids is 1. The minimum Gasteiger partial charge on any atom is -0.481 e. The molecule has 0 unspecified atom stereocenters. The van der Waals surface area contributed by atoms with E-state index >= 15 is 0 Å². The van der Waals surface area contributed by atoms with Crippen molar-refractivity contribution < 1.29 is 23.1 Å². The Morgan fingerprint density at radius 1 is 0.875 bits per heavy atom. The largest absolute Gasteiger partial charge is 0.481 e. The van der Waals surface area contributed by atoms with E-state index in [1.54, 1.807) is 36.4 Å². The zero-order valence-electron chi connectivity index (χ0n) is 16.5. The third-order valence-electron chi connectivity index (χ3n) is 4.43. The number of aliphatic carboxylic acids is 1. The zero-order valence-corrected chi connectivity index (χ0v) is 18.8. The highest BCUT2D eigenvalue weighted by Crippen LogP contribution is 2.25. The molecular weight excluding hydrogens is 475 g/mol. The quantitative estimate of drug-likeness (QED) is 0.406. The van der Waals surface area contributed by atoms with Crippen LogP contribution in [0.1, 0.15) is 22.3 Å². The predicted molar refractivity (Wildman–Crippen MR) is 124 cm³/mol. The van der Waals surface area contributed by atoms with E-state index in [9.17, 15) is 18.0 Å². The van der Waals surface area contributed by atoms with Crippen LogP contribution >= 0.6 is 23.2 Å². The Morgan fingerprint density at radius 2 is 1.50 bits per heavy atom. The molecule has 0 saturated carbocycles. The molecule has 0 radical (unpaired) electrons. The van der Waals surface area contributed by atoms with Gasteiger partial charge in [0.2, 0.25) is 0 Å². The van der Waals surface area contributed by atoms with E-state index in [2.05, 4.69) is 10.0 Å². The van der Waals surface area contributed by atoms with E-state index in [1.165, 1.54) is 30.3 Å². The van der Waals surface area contributed by atoms with Crippen LogP contribution in [0.3, 0.4) is 0 Å². The van der Waals surface area contributed by atoms with Gasteiger partial charge in [-0.3, -0.25) is 14.3 Å². The van der Waals surface area contributed by atoms with Gasteiger partial charge in [-0.2, -0.15) is 0 Å². The topological polar surface area (TPSA) is 113 Å². The third kappa shape index (κ3) is 6.23. The fourth-order valence-electron chi connectivity index (χ4n) is 2.82. The van der Waals surface area contributed by atoms with Crippen LogP contribution in [0.25, 0.3) is 0 Å². The highest BCUT2D eigenvalue weighted by atomic mass is 35.5. The number of sulfonamides is 1. The summed E-state index contributed by atoms with van der Waals surface area (Å²) >= 11 is 11.9. The number of hydrogen-bond donors (Lipinski definition) is 3. The molecule has 0 aliphatic rings. The highest BCUT2D eigenvalue weighted by molar-refractivity contribution is 7.92. The maximum atomic E-state index is 12.8. The van der Waals surface area contributed by atoms with E-state index in [4.69, 9.17) is 28.3 Å². The number of carbonyl (C=O) groups is 2. The van der Waals surface area contributed by atoms with E-state index in [0.29, 0.717) is 16.3 Å². The van der Waals surface area contributed by atoms with Gasteiger partial charge in [0.25, 0.3) is 15.9 Å². The van der Waals surface area contributed by atoms with Gasteiger partial charge in [-0.25, -0.2) is 8.42 Å². The van der Waals surface area contributed by atoms with E-state index in [0.717, 1.165) is 0 Å². The van der Waals surface area contributed by atoms with Gasteiger partial charge < -0.3 is 10.4 Å². The number of hydrogen-bond acceptors (Lipinski definition) is 4. The fraction of sp³-hybridized carbons (Fsp3) is 0.0909. The monoisotopic (exact) mass is 492 g/mol. The molecule has 3 N–H and O–H groups in total. The summed E-state index contributed by atoms with van der Waals surface area (Å²) in [6.07, 6.45) is 0.233. The molecule has 166 valence electrons. The van der Waals surface area contributed by atoms with Gasteiger partial charge >= 0.3 is 5.97 Å². The van der Waals surface area contributed by atoms with Crippen molar-refractivity contribution in [2.75, 3.05) is 10.0 Å². The summed E-state index contributed by atoms with van der Waals surface area (Å²) in [5, 5.41) is 12.2. The molecule has 0 bridgehead atoms. The molecule has 0 aliphatic carbocycles. The number of nitrogens with one attached hydrogen (secondary N) is 2. The van der Waals surface area contributed by atoms with Crippen LogP contribution in [0.15, 0.2) is 71.6 Å². The molecule has 3 aromatic rings. The Kier molecular flexibility index (Phi) is 7.40. The zero-order chi connectivity index (χ0) is 23.3. The molecule has 0 aromatic heterocycles. The summed E-state index contributed by atoms with van der Waals surface area (Å²) in [7, 11) is -4.02. The summed E-state index contributed by atoms with van der Waals surface area (Å²) in [5.74, 6) is -1.49. The Balaban J connectivity index is 1.82. The molecule has 0 fully saturated rings. The van der Waals surface area contributed by atoms with Crippen LogP contribution in [0.5, 0.6) is 0 Å². The van der Waals surface area contributed by atoms with Gasteiger partial charge in [-0.05, 0) is 66.6 Å². The molecular formula is C22H18Cl2N2O5S. The van der Waals surface area contributed by atoms with Crippen molar-refractivity contribution in [3.05, 3.63) is 87.9 Å². The van der Waals surface area contributed by atoms with Crippen molar-refractivity contribution in [2.45, 2.75) is 17.7 Å². The lowest BCUT2D eigenvalue weighted by molar-refractivity contribution is -0.136. The number of amides is 1. The van der Waals surface area contributed by atoms with Crippen LogP contribution in [0.4, 0.5) is 11.4 Å². The van der Waals surface area contributed by atoms with Gasteiger partial charge in [-0.15, -0.1) is 0 Å². The van der Waals surface area contributed by atoms with Gasteiger partial charge in [0.1, 0.15) is 0 Å². The molecule has 32 heavy (non-hydrogen) atoms. The number of carboxylic acid groups (broad SMARTS) is 1. The Bertz CT molecular complexity index is 1240. The summed E-state index contributed by atoms with van der Waals surface area (Å²) in [5.41, 5.74) is 1.26. The first kappa shape index (κ1) is 23.6. The van der Waals surface area contributed by atoms with Gasteiger partial charge in [0.15, 0.2) is 0 Å². The smallest absolute Gasteiger partial charge is 0.303 e. The van der Waals surface area contributed by atoms with Gasteiger partial charge in [-0.1, -0.05) is 35.3 Å².